The Morgan fingerprint density at radius 2 is 0.913 bits per heavy atom. The Kier molecular flexibility index (Phi) is 42.3. The highest BCUT2D eigenvalue weighted by Gasteiger charge is 2.50. The third-order valence-electron chi connectivity index (χ3n) is 12.4. The van der Waals surface area contributed by atoms with Gasteiger partial charge in [-0.3, -0.25) is 14.4 Å². The van der Waals surface area contributed by atoms with Crippen LogP contribution < -0.4 is 0 Å². The number of aliphatic carboxylic acids is 1. The van der Waals surface area contributed by atoms with Crippen molar-refractivity contribution in [1.29, 1.82) is 0 Å². The summed E-state index contributed by atoms with van der Waals surface area (Å²) < 4.78 is 28.3. The fourth-order valence-electron chi connectivity index (χ4n) is 8.18. The van der Waals surface area contributed by atoms with Crippen molar-refractivity contribution < 1.29 is 58.2 Å². The van der Waals surface area contributed by atoms with Crippen LogP contribution in [0.25, 0.3) is 0 Å². The highest BCUT2D eigenvalue weighted by molar-refractivity contribution is 5.74. The van der Waals surface area contributed by atoms with Crippen molar-refractivity contribution in [2.24, 2.45) is 0 Å². The zero-order valence-corrected chi connectivity index (χ0v) is 43.6. The number of carboxylic acid groups (broad SMARTS) is 1. The van der Waals surface area contributed by atoms with E-state index in [1.165, 1.54) is 96.3 Å². The van der Waals surface area contributed by atoms with Gasteiger partial charge in [0.05, 0.1) is 6.61 Å². The van der Waals surface area contributed by atoms with Crippen LogP contribution >= 0.6 is 0 Å². The van der Waals surface area contributed by atoms with Gasteiger partial charge in [0, 0.05) is 19.3 Å². The average Bonchev–Trinajstić information content (AvgIpc) is 3.33. The van der Waals surface area contributed by atoms with Gasteiger partial charge in [-0.2, -0.15) is 0 Å². The van der Waals surface area contributed by atoms with E-state index in [0.717, 1.165) is 83.5 Å². The summed E-state index contributed by atoms with van der Waals surface area (Å²) in [4.78, 5) is 50.8. The molecule has 12 nitrogen and oxygen atoms in total. The Labute approximate surface area is 418 Å². The first kappa shape index (κ1) is 63.7. The molecule has 0 aromatic heterocycles. The van der Waals surface area contributed by atoms with E-state index in [9.17, 15) is 34.5 Å². The summed E-state index contributed by atoms with van der Waals surface area (Å²) in [5.74, 6) is -3.16. The molecule has 1 rings (SSSR count). The van der Waals surface area contributed by atoms with E-state index >= 15 is 0 Å². The molecule has 6 atom stereocenters. The molecule has 1 fully saturated rings. The molecular formula is C57H98O12. The van der Waals surface area contributed by atoms with Crippen LogP contribution in [0, 0.1) is 0 Å². The second kappa shape index (κ2) is 45.8. The Balaban J connectivity index is 2.70. The van der Waals surface area contributed by atoms with Gasteiger partial charge in [-0.05, 0) is 57.8 Å². The van der Waals surface area contributed by atoms with Crippen molar-refractivity contribution in [3.8, 4) is 0 Å². The lowest BCUT2D eigenvalue weighted by Crippen LogP contribution is -2.61. The van der Waals surface area contributed by atoms with Crippen LogP contribution in [-0.4, -0.2) is 89.2 Å². The van der Waals surface area contributed by atoms with Gasteiger partial charge in [-0.15, -0.1) is 0 Å². The van der Waals surface area contributed by atoms with E-state index < -0.39 is 67.3 Å². The predicted molar refractivity (Wildman–Crippen MR) is 276 cm³/mol. The Morgan fingerprint density at radius 1 is 0.493 bits per heavy atom. The number of hydrogen-bond acceptors (Lipinski definition) is 11. The monoisotopic (exact) mass is 975 g/mol. The number of carbonyl (C=O) groups excluding carboxylic acids is 3. The largest absolute Gasteiger partial charge is 0.479 e. The van der Waals surface area contributed by atoms with Crippen LogP contribution in [-0.2, 0) is 42.9 Å². The molecule has 398 valence electrons. The van der Waals surface area contributed by atoms with Crippen LogP contribution in [0.4, 0.5) is 0 Å². The van der Waals surface area contributed by atoms with E-state index in [1.54, 1.807) is 0 Å². The zero-order chi connectivity index (χ0) is 50.4. The summed E-state index contributed by atoms with van der Waals surface area (Å²) in [6, 6.07) is 0. The number of carbonyl (C=O) groups is 4. The maximum atomic E-state index is 13.0. The van der Waals surface area contributed by atoms with Gasteiger partial charge in [0.1, 0.15) is 18.8 Å². The summed E-state index contributed by atoms with van der Waals surface area (Å²) in [6.45, 7) is 5.81. The molecule has 0 aromatic rings. The van der Waals surface area contributed by atoms with Crippen LogP contribution in [0.3, 0.4) is 0 Å². The van der Waals surface area contributed by atoms with E-state index in [2.05, 4.69) is 69.4 Å². The summed E-state index contributed by atoms with van der Waals surface area (Å²) >= 11 is 0. The number of esters is 3. The standard InChI is InChI=1S/C57H98O12/c1-4-7-10-13-16-19-21-23-25-27-29-32-34-37-40-43-49(58)65-46-48(67-50(59)44-41-38-35-31-18-15-12-9-6-3)47-66-57-55(53(62)52(61)54(69-57)56(63)64)68-51(60)45-42-39-36-33-30-28-26-24-22-20-17-14-11-8-5-2/h7,10,16,19,23,25,29,32,48,52-55,57,61-62H,4-6,8-9,11-15,17-18,20-22,24,26-28,30-31,33-47H2,1-3H3,(H,63,64)/b10-7-,19-16-,25-23-,32-29-. The molecular weight excluding hydrogens is 877 g/mol. The smallest absolute Gasteiger partial charge is 0.335 e. The maximum Gasteiger partial charge on any atom is 0.335 e. The third kappa shape index (κ3) is 36.3. The molecule has 0 spiro atoms. The minimum atomic E-state index is -1.90. The van der Waals surface area contributed by atoms with E-state index in [0.29, 0.717) is 19.3 Å². The minimum Gasteiger partial charge on any atom is -0.479 e. The van der Waals surface area contributed by atoms with Gasteiger partial charge in [0.15, 0.2) is 24.6 Å². The Morgan fingerprint density at radius 3 is 1.39 bits per heavy atom. The number of allylic oxidation sites excluding steroid dienone is 8. The summed E-state index contributed by atoms with van der Waals surface area (Å²) in [6.07, 6.45) is 41.1. The summed E-state index contributed by atoms with van der Waals surface area (Å²) in [5, 5.41) is 31.4. The van der Waals surface area contributed by atoms with Crippen LogP contribution in [0.15, 0.2) is 48.6 Å². The second-order valence-electron chi connectivity index (χ2n) is 18.9. The predicted octanol–water partition coefficient (Wildman–Crippen LogP) is 13.4. The lowest BCUT2D eigenvalue weighted by Gasteiger charge is -2.40. The topological polar surface area (TPSA) is 175 Å². The maximum absolute atomic E-state index is 13.0. The zero-order valence-electron chi connectivity index (χ0n) is 43.6. The van der Waals surface area contributed by atoms with Gasteiger partial charge in [-0.1, -0.05) is 211 Å². The van der Waals surface area contributed by atoms with Crippen molar-refractivity contribution in [1.82, 2.24) is 0 Å². The first-order chi connectivity index (χ1) is 33.6. The van der Waals surface area contributed by atoms with E-state index in [1.807, 2.05) is 0 Å². The minimum absolute atomic E-state index is 0.0607. The molecule has 0 radical (unpaired) electrons. The fourth-order valence-corrected chi connectivity index (χ4v) is 8.18. The number of aliphatic hydroxyl groups is 2. The van der Waals surface area contributed by atoms with Crippen molar-refractivity contribution in [2.75, 3.05) is 13.2 Å². The highest BCUT2D eigenvalue weighted by Crippen LogP contribution is 2.26. The molecule has 0 amide bonds. The van der Waals surface area contributed by atoms with Gasteiger partial charge in [-0.25, -0.2) is 4.79 Å². The van der Waals surface area contributed by atoms with Crippen molar-refractivity contribution >= 4 is 23.9 Å². The number of hydrogen-bond donors (Lipinski definition) is 3. The normalized spacial score (nSPS) is 19.0. The van der Waals surface area contributed by atoms with Crippen molar-refractivity contribution in [3.05, 3.63) is 48.6 Å². The van der Waals surface area contributed by atoms with Gasteiger partial charge in [0.2, 0.25) is 0 Å². The highest BCUT2D eigenvalue weighted by atomic mass is 16.7. The summed E-state index contributed by atoms with van der Waals surface area (Å²) in [7, 11) is 0. The van der Waals surface area contributed by atoms with Crippen molar-refractivity contribution in [3.63, 3.8) is 0 Å². The molecule has 3 N–H and O–H groups in total. The molecule has 0 aliphatic carbocycles. The number of unbranched alkanes of at least 4 members (excludes halogenated alkanes) is 24. The van der Waals surface area contributed by atoms with Crippen LogP contribution in [0.1, 0.15) is 239 Å². The summed E-state index contributed by atoms with van der Waals surface area (Å²) in [5.41, 5.74) is 0. The first-order valence-corrected chi connectivity index (χ1v) is 27.6. The quantitative estimate of drug-likeness (QED) is 0.0228. The molecule has 1 aliphatic heterocycles. The van der Waals surface area contributed by atoms with Crippen LogP contribution in [0.2, 0.25) is 0 Å². The average molecular weight is 975 g/mol. The van der Waals surface area contributed by atoms with E-state index in [4.69, 9.17) is 23.7 Å². The molecule has 69 heavy (non-hydrogen) atoms. The SMILES string of the molecule is CC/C=C\C/C=C\C/C=C\C/C=C\CCCCC(=O)OCC(COC1OC(C(=O)O)C(O)C(O)C1OC(=O)CCCCCCCCCCCCCCCCC)OC(=O)CCCCCCCCCCC. The van der Waals surface area contributed by atoms with E-state index in [-0.39, 0.29) is 25.9 Å². The lowest BCUT2D eigenvalue weighted by molar-refractivity contribution is -0.301. The Hall–Kier alpha value is -3.32. The first-order valence-electron chi connectivity index (χ1n) is 27.6. The third-order valence-corrected chi connectivity index (χ3v) is 12.4. The molecule has 1 aliphatic rings. The molecule has 0 saturated carbocycles. The fraction of sp³-hybridized carbons (Fsp3) is 0.789. The number of ether oxygens (including phenoxy) is 5. The molecule has 6 unspecified atom stereocenters. The molecule has 12 heteroatoms. The van der Waals surface area contributed by atoms with Crippen molar-refractivity contribution in [2.45, 2.75) is 276 Å². The number of carboxylic acids is 1. The van der Waals surface area contributed by atoms with Gasteiger partial charge >= 0.3 is 23.9 Å². The number of rotatable bonds is 46. The van der Waals surface area contributed by atoms with Gasteiger partial charge < -0.3 is 39.0 Å². The second-order valence-corrected chi connectivity index (χ2v) is 18.9. The Bertz CT molecular complexity index is 1390. The molecule has 1 heterocycles. The molecule has 1 saturated heterocycles. The van der Waals surface area contributed by atoms with Crippen LogP contribution in [0.5, 0.6) is 0 Å². The molecule has 0 bridgehead atoms. The van der Waals surface area contributed by atoms with Gasteiger partial charge in [0.25, 0.3) is 0 Å². The lowest BCUT2D eigenvalue weighted by atomic mass is 9.98. The number of aliphatic hydroxyl groups excluding tert-OH is 2. The molecule has 0 aromatic carbocycles.